The quantitative estimate of drug-likeness (QED) is 0.929. The van der Waals surface area contributed by atoms with Crippen LogP contribution in [0.25, 0.3) is 0 Å². The molecule has 0 spiro atoms. The normalized spacial score (nSPS) is 17.5. The molecule has 1 atom stereocenters. The van der Waals surface area contributed by atoms with Crippen LogP contribution >= 0.6 is 11.3 Å². The van der Waals surface area contributed by atoms with Gasteiger partial charge >= 0.3 is 6.09 Å². The predicted octanol–water partition coefficient (Wildman–Crippen LogP) is 2.98. The Kier molecular flexibility index (Phi) is 4.88. The van der Waals surface area contributed by atoms with Crippen molar-refractivity contribution in [1.82, 2.24) is 15.2 Å². The Balaban J connectivity index is 1.76. The molecule has 2 rings (SSSR count). The lowest BCUT2D eigenvalue weighted by Gasteiger charge is -2.41. The average molecular weight is 311 g/mol. The zero-order chi connectivity index (χ0) is 15.6. The van der Waals surface area contributed by atoms with Crippen molar-refractivity contribution in [1.29, 1.82) is 0 Å². The first-order valence-electron chi connectivity index (χ1n) is 7.47. The van der Waals surface area contributed by atoms with Crippen molar-refractivity contribution >= 4 is 17.4 Å². The van der Waals surface area contributed by atoms with Crippen molar-refractivity contribution in [2.75, 3.05) is 13.1 Å². The number of likely N-dealkylation sites (tertiary alicyclic amines) is 1. The summed E-state index contributed by atoms with van der Waals surface area (Å²) in [4.78, 5) is 19.3. The largest absolute Gasteiger partial charge is 0.444 e. The third-order valence-electron chi connectivity index (χ3n) is 3.31. The second kappa shape index (κ2) is 6.32. The van der Waals surface area contributed by atoms with E-state index in [1.54, 1.807) is 16.2 Å². The van der Waals surface area contributed by atoms with Crippen LogP contribution in [-0.2, 0) is 11.2 Å². The van der Waals surface area contributed by atoms with E-state index in [2.05, 4.69) is 24.1 Å². The monoisotopic (exact) mass is 311 g/mol. The first kappa shape index (κ1) is 16.2. The summed E-state index contributed by atoms with van der Waals surface area (Å²) in [5, 5.41) is 4.63. The highest BCUT2D eigenvalue weighted by Gasteiger charge is 2.34. The van der Waals surface area contributed by atoms with Gasteiger partial charge in [0.15, 0.2) is 0 Å². The Bertz CT molecular complexity index is 489. The van der Waals surface area contributed by atoms with E-state index < -0.39 is 5.60 Å². The Labute approximate surface area is 130 Å². The van der Waals surface area contributed by atoms with Crippen LogP contribution < -0.4 is 5.32 Å². The zero-order valence-electron chi connectivity index (χ0n) is 13.5. The first-order valence-corrected chi connectivity index (χ1v) is 8.28. The van der Waals surface area contributed by atoms with E-state index >= 15 is 0 Å². The Morgan fingerprint density at radius 1 is 1.57 bits per heavy atom. The zero-order valence-corrected chi connectivity index (χ0v) is 14.3. The minimum Gasteiger partial charge on any atom is -0.444 e. The summed E-state index contributed by atoms with van der Waals surface area (Å²) in [5.41, 5.74) is -0.430. The molecule has 1 saturated heterocycles. The number of nitrogens with zero attached hydrogens (tertiary/aromatic N) is 2. The van der Waals surface area contributed by atoms with E-state index in [9.17, 15) is 4.79 Å². The molecule has 118 valence electrons. The van der Waals surface area contributed by atoms with Gasteiger partial charge in [-0.3, -0.25) is 0 Å². The molecule has 0 saturated carbocycles. The summed E-state index contributed by atoms with van der Waals surface area (Å²) in [6, 6.07) is 0.544. The van der Waals surface area contributed by atoms with Crippen LogP contribution in [0.1, 0.15) is 50.5 Å². The maximum absolute atomic E-state index is 11.9. The Hall–Kier alpha value is -1.14. The number of amides is 1. The van der Waals surface area contributed by atoms with Crippen molar-refractivity contribution < 1.29 is 9.53 Å². The highest BCUT2D eigenvalue weighted by Crippen LogP contribution is 2.22. The third-order valence-corrected chi connectivity index (χ3v) is 4.63. The van der Waals surface area contributed by atoms with E-state index in [0.717, 1.165) is 11.4 Å². The topological polar surface area (TPSA) is 54.5 Å². The number of carbonyl (C=O) groups excluding carboxylic acids is 1. The lowest BCUT2D eigenvalue weighted by atomic mass is 10.1. The van der Waals surface area contributed by atoms with Gasteiger partial charge < -0.3 is 15.0 Å². The predicted molar refractivity (Wildman–Crippen MR) is 84.6 cm³/mol. The Morgan fingerprint density at radius 3 is 2.76 bits per heavy atom. The molecule has 1 aliphatic rings. The standard InChI is InChI=1S/C15H25N3O2S/c1-6-12-7-16-13(21-12)10(2)17-11-8-18(9-11)14(19)20-15(3,4)5/h7,10-11,17H,6,8-9H2,1-5H3. The molecule has 1 N–H and O–H groups in total. The van der Waals surface area contributed by atoms with E-state index in [1.807, 2.05) is 27.0 Å². The van der Waals surface area contributed by atoms with Crippen molar-refractivity contribution in [2.45, 2.75) is 58.7 Å². The molecular formula is C15H25N3O2S. The molecular weight excluding hydrogens is 286 g/mol. The fourth-order valence-electron chi connectivity index (χ4n) is 2.17. The van der Waals surface area contributed by atoms with Crippen LogP contribution in [0.2, 0.25) is 0 Å². The van der Waals surface area contributed by atoms with Crippen molar-refractivity contribution in [2.24, 2.45) is 0 Å². The molecule has 2 heterocycles. The van der Waals surface area contributed by atoms with Gasteiger partial charge in [0.1, 0.15) is 10.6 Å². The summed E-state index contributed by atoms with van der Waals surface area (Å²) in [5.74, 6) is 0. The van der Waals surface area contributed by atoms with Gasteiger partial charge in [0.2, 0.25) is 0 Å². The van der Waals surface area contributed by atoms with E-state index in [4.69, 9.17) is 4.74 Å². The second-order valence-electron chi connectivity index (χ2n) is 6.49. The van der Waals surface area contributed by atoms with Crippen LogP contribution in [0, 0.1) is 0 Å². The molecule has 0 bridgehead atoms. The molecule has 6 heteroatoms. The molecule has 1 amide bonds. The van der Waals surface area contributed by atoms with Gasteiger partial charge in [-0.2, -0.15) is 0 Å². The van der Waals surface area contributed by atoms with Gasteiger partial charge in [0.25, 0.3) is 0 Å². The lowest BCUT2D eigenvalue weighted by Crippen LogP contribution is -2.60. The number of thiazole rings is 1. The molecule has 21 heavy (non-hydrogen) atoms. The van der Waals surface area contributed by atoms with Crippen LogP contribution in [-0.4, -0.2) is 40.7 Å². The smallest absolute Gasteiger partial charge is 0.410 e. The van der Waals surface area contributed by atoms with Gasteiger partial charge in [0, 0.05) is 30.2 Å². The number of rotatable bonds is 4. The molecule has 1 aliphatic heterocycles. The third kappa shape index (κ3) is 4.41. The summed E-state index contributed by atoms with van der Waals surface area (Å²) >= 11 is 1.75. The molecule has 1 fully saturated rings. The van der Waals surface area contributed by atoms with Crippen molar-refractivity contribution in [3.05, 3.63) is 16.1 Å². The lowest BCUT2D eigenvalue weighted by molar-refractivity contribution is 0.00434. The van der Waals surface area contributed by atoms with E-state index in [1.165, 1.54) is 4.88 Å². The van der Waals surface area contributed by atoms with Crippen LogP contribution in [0.5, 0.6) is 0 Å². The number of hydrogen-bond donors (Lipinski definition) is 1. The van der Waals surface area contributed by atoms with E-state index in [-0.39, 0.29) is 12.1 Å². The minimum atomic E-state index is -0.430. The number of carbonyl (C=O) groups is 1. The molecule has 1 aromatic heterocycles. The van der Waals surface area contributed by atoms with Crippen molar-refractivity contribution in [3.63, 3.8) is 0 Å². The van der Waals surface area contributed by atoms with Crippen molar-refractivity contribution in [3.8, 4) is 0 Å². The minimum absolute atomic E-state index is 0.223. The van der Waals surface area contributed by atoms with Gasteiger partial charge in [0.05, 0.1) is 6.04 Å². The maximum Gasteiger partial charge on any atom is 0.410 e. The van der Waals surface area contributed by atoms with Crippen LogP contribution in [0.15, 0.2) is 6.20 Å². The summed E-state index contributed by atoms with van der Waals surface area (Å²) in [7, 11) is 0. The molecule has 1 unspecified atom stereocenters. The molecule has 0 aromatic carbocycles. The highest BCUT2D eigenvalue weighted by atomic mass is 32.1. The summed E-state index contributed by atoms with van der Waals surface area (Å²) < 4.78 is 5.35. The highest BCUT2D eigenvalue weighted by molar-refractivity contribution is 7.11. The first-order chi connectivity index (χ1) is 9.78. The molecule has 0 aliphatic carbocycles. The SMILES string of the molecule is CCc1cnc(C(C)NC2CN(C(=O)OC(C)(C)C)C2)s1. The number of nitrogens with one attached hydrogen (secondary N) is 1. The van der Waals surface area contributed by atoms with Gasteiger partial charge in [-0.05, 0) is 34.1 Å². The molecule has 0 radical (unpaired) electrons. The average Bonchev–Trinajstić information content (AvgIpc) is 2.79. The number of hydrogen-bond acceptors (Lipinski definition) is 5. The Morgan fingerprint density at radius 2 is 2.24 bits per heavy atom. The number of aromatic nitrogens is 1. The van der Waals surface area contributed by atoms with Gasteiger partial charge in [-0.1, -0.05) is 6.92 Å². The van der Waals surface area contributed by atoms with Crippen LogP contribution in [0.3, 0.4) is 0 Å². The summed E-state index contributed by atoms with van der Waals surface area (Å²) in [6.45, 7) is 11.3. The fraction of sp³-hybridized carbons (Fsp3) is 0.733. The molecule has 5 nitrogen and oxygen atoms in total. The molecule has 1 aromatic rings. The second-order valence-corrected chi connectivity index (χ2v) is 7.64. The van der Waals surface area contributed by atoms with Crippen LogP contribution in [0.4, 0.5) is 4.79 Å². The van der Waals surface area contributed by atoms with Gasteiger partial charge in [-0.15, -0.1) is 11.3 Å². The fourth-order valence-corrected chi connectivity index (χ4v) is 3.04. The number of ether oxygens (including phenoxy) is 1. The summed E-state index contributed by atoms with van der Waals surface area (Å²) in [6.07, 6.45) is 2.75. The maximum atomic E-state index is 11.9. The van der Waals surface area contributed by atoms with E-state index in [0.29, 0.717) is 19.1 Å². The van der Waals surface area contributed by atoms with Gasteiger partial charge in [-0.25, -0.2) is 9.78 Å². The number of aryl methyl sites for hydroxylation is 1.